The van der Waals surface area contributed by atoms with Crippen molar-refractivity contribution in [3.05, 3.63) is 64.1 Å². The molecule has 0 fully saturated rings. The van der Waals surface area contributed by atoms with Crippen molar-refractivity contribution in [2.24, 2.45) is 0 Å². The van der Waals surface area contributed by atoms with Crippen LogP contribution in [0.1, 0.15) is 22.8 Å². The van der Waals surface area contributed by atoms with Gasteiger partial charge in [0.05, 0.1) is 4.90 Å². The lowest BCUT2D eigenvalue weighted by molar-refractivity contribution is 0.0954. The summed E-state index contributed by atoms with van der Waals surface area (Å²) in [6.45, 7) is 2.34. The van der Waals surface area contributed by atoms with Gasteiger partial charge >= 0.3 is 0 Å². The molecule has 0 aliphatic rings. The summed E-state index contributed by atoms with van der Waals surface area (Å²) < 4.78 is 27.7. The number of sulfonamides is 1. The van der Waals surface area contributed by atoms with Crippen LogP contribution in [0.15, 0.2) is 57.9 Å². The number of carbonyl (C=O) groups is 1. The summed E-state index contributed by atoms with van der Waals surface area (Å²) in [6, 6.07) is 13.7. The second-order valence-electron chi connectivity index (χ2n) is 5.16. The zero-order chi connectivity index (χ0) is 17.6. The van der Waals surface area contributed by atoms with Gasteiger partial charge in [-0.05, 0) is 48.4 Å². The molecule has 0 aromatic heterocycles. The number of hydrogen-bond acceptors (Lipinski definition) is 3. The third-order valence-electron chi connectivity index (χ3n) is 3.45. The van der Waals surface area contributed by atoms with Crippen LogP contribution >= 0.6 is 15.9 Å². The van der Waals surface area contributed by atoms with E-state index in [4.69, 9.17) is 0 Å². The van der Waals surface area contributed by atoms with Gasteiger partial charge in [0, 0.05) is 23.1 Å². The van der Waals surface area contributed by atoms with Crippen LogP contribution in [0.5, 0.6) is 0 Å². The summed E-state index contributed by atoms with van der Waals surface area (Å²) in [7, 11) is -3.56. The monoisotopic (exact) mass is 410 g/mol. The van der Waals surface area contributed by atoms with Crippen LogP contribution < -0.4 is 10.0 Å². The quantitative estimate of drug-likeness (QED) is 0.688. The Morgan fingerprint density at radius 3 is 2.21 bits per heavy atom. The second-order valence-corrected chi connectivity index (χ2v) is 7.84. The van der Waals surface area contributed by atoms with Gasteiger partial charge in [0.25, 0.3) is 5.91 Å². The second kappa shape index (κ2) is 8.41. The largest absolute Gasteiger partial charge is 0.351 e. The average Bonchev–Trinajstić information content (AvgIpc) is 2.59. The van der Waals surface area contributed by atoms with E-state index in [1.165, 1.54) is 0 Å². The third-order valence-corrected chi connectivity index (χ3v) is 5.46. The maximum Gasteiger partial charge on any atom is 0.251 e. The maximum atomic E-state index is 12.2. The predicted molar refractivity (Wildman–Crippen MR) is 97.5 cm³/mol. The lowest BCUT2D eigenvalue weighted by Gasteiger charge is -2.09. The number of rotatable bonds is 7. The molecule has 2 aromatic carbocycles. The van der Waals surface area contributed by atoms with Gasteiger partial charge in [-0.2, -0.15) is 0 Å². The average molecular weight is 411 g/mol. The molecule has 0 spiro atoms. The van der Waals surface area contributed by atoms with Crippen molar-refractivity contribution in [1.29, 1.82) is 0 Å². The Labute approximate surface area is 150 Å². The molecule has 0 radical (unpaired) electrons. The topological polar surface area (TPSA) is 75.3 Å². The van der Waals surface area contributed by atoms with Crippen LogP contribution in [-0.4, -0.2) is 27.4 Å². The molecule has 128 valence electrons. The first-order valence-corrected chi connectivity index (χ1v) is 9.82. The van der Waals surface area contributed by atoms with Crippen molar-refractivity contribution < 1.29 is 13.2 Å². The lowest BCUT2D eigenvalue weighted by Crippen LogP contribution is -2.34. The van der Waals surface area contributed by atoms with Gasteiger partial charge in [-0.25, -0.2) is 13.1 Å². The van der Waals surface area contributed by atoms with E-state index in [9.17, 15) is 13.2 Å². The SMILES string of the molecule is CCc1ccc(S(=O)(=O)NCCNC(=O)c2ccc(Br)cc2)cc1. The Bertz CT molecular complexity index is 788. The van der Waals surface area contributed by atoms with Crippen molar-refractivity contribution in [3.63, 3.8) is 0 Å². The molecule has 0 bridgehead atoms. The number of hydrogen-bond donors (Lipinski definition) is 2. The molecule has 2 aromatic rings. The molecule has 5 nitrogen and oxygen atoms in total. The molecule has 0 heterocycles. The Balaban J connectivity index is 1.84. The van der Waals surface area contributed by atoms with Crippen LogP contribution in [-0.2, 0) is 16.4 Å². The zero-order valence-electron chi connectivity index (χ0n) is 13.3. The van der Waals surface area contributed by atoms with Gasteiger partial charge in [0.2, 0.25) is 10.0 Å². The normalized spacial score (nSPS) is 11.2. The van der Waals surface area contributed by atoms with E-state index < -0.39 is 10.0 Å². The van der Waals surface area contributed by atoms with E-state index in [-0.39, 0.29) is 23.9 Å². The van der Waals surface area contributed by atoms with Gasteiger partial charge in [-0.15, -0.1) is 0 Å². The number of carbonyl (C=O) groups excluding carboxylic acids is 1. The van der Waals surface area contributed by atoms with Crippen LogP contribution in [0.3, 0.4) is 0 Å². The standard InChI is InChI=1S/C17H19BrN2O3S/c1-2-13-3-9-16(10-4-13)24(22,23)20-12-11-19-17(21)14-5-7-15(18)8-6-14/h3-10,20H,2,11-12H2,1H3,(H,19,21). The highest BCUT2D eigenvalue weighted by Crippen LogP contribution is 2.11. The molecule has 2 N–H and O–H groups in total. The van der Waals surface area contributed by atoms with Crippen LogP contribution in [0.2, 0.25) is 0 Å². The van der Waals surface area contributed by atoms with E-state index in [1.54, 1.807) is 48.5 Å². The molecule has 0 atom stereocenters. The summed E-state index contributed by atoms with van der Waals surface area (Å²) in [4.78, 5) is 12.1. The number of halogens is 1. The summed E-state index contributed by atoms with van der Waals surface area (Å²) in [5.74, 6) is -0.242. The Hall–Kier alpha value is -1.70. The Morgan fingerprint density at radius 2 is 1.62 bits per heavy atom. The number of benzene rings is 2. The van der Waals surface area contributed by atoms with E-state index in [0.717, 1.165) is 16.5 Å². The summed E-state index contributed by atoms with van der Waals surface area (Å²) in [5, 5.41) is 2.68. The molecular weight excluding hydrogens is 392 g/mol. The predicted octanol–water partition coefficient (Wildman–Crippen LogP) is 2.72. The highest BCUT2D eigenvalue weighted by Gasteiger charge is 2.13. The fourth-order valence-electron chi connectivity index (χ4n) is 2.05. The molecule has 7 heteroatoms. The van der Waals surface area contributed by atoms with E-state index in [0.29, 0.717) is 5.56 Å². The molecule has 0 aliphatic heterocycles. The van der Waals surface area contributed by atoms with Gasteiger partial charge in [-0.3, -0.25) is 4.79 Å². The number of amides is 1. The minimum atomic E-state index is -3.56. The zero-order valence-corrected chi connectivity index (χ0v) is 15.7. The third kappa shape index (κ3) is 5.15. The number of aryl methyl sites for hydroxylation is 1. The van der Waals surface area contributed by atoms with Crippen LogP contribution in [0.4, 0.5) is 0 Å². The highest BCUT2D eigenvalue weighted by atomic mass is 79.9. The summed E-state index contributed by atoms with van der Waals surface area (Å²) in [5.41, 5.74) is 1.60. The number of nitrogens with one attached hydrogen (secondary N) is 2. The first-order valence-electron chi connectivity index (χ1n) is 7.55. The molecule has 0 saturated heterocycles. The van der Waals surface area contributed by atoms with Gasteiger partial charge in [0.1, 0.15) is 0 Å². The minimum absolute atomic E-state index is 0.125. The molecule has 0 aliphatic carbocycles. The lowest BCUT2D eigenvalue weighted by atomic mass is 10.2. The summed E-state index contributed by atoms with van der Waals surface area (Å²) >= 11 is 3.30. The molecule has 24 heavy (non-hydrogen) atoms. The first kappa shape index (κ1) is 18.6. The van der Waals surface area contributed by atoms with E-state index >= 15 is 0 Å². The van der Waals surface area contributed by atoms with Crippen molar-refractivity contribution >= 4 is 31.9 Å². The van der Waals surface area contributed by atoms with Gasteiger partial charge in [0.15, 0.2) is 0 Å². The van der Waals surface area contributed by atoms with Crippen molar-refractivity contribution in [1.82, 2.24) is 10.0 Å². The Kier molecular flexibility index (Phi) is 6.53. The van der Waals surface area contributed by atoms with Crippen molar-refractivity contribution in [2.45, 2.75) is 18.2 Å². The van der Waals surface area contributed by atoms with Crippen LogP contribution in [0, 0.1) is 0 Å². The molecule has 1 amide bonds. The molecule has 0 saturated carbocycles. The smallest absolute Gasteiger partial charge is 0.251 e. The highest BCUT2D eigenvalue weighted by molar-refractivity contribution is 9.10. The Morgan fingerprint density at radius 1 is 1.00 bits per heavy atom. The first-order chi connectivity index (χ1) is 11.4. The van der Waals surface area contributed by atoms with E-state index in [2.05, 4.69) is 26.0 Å². The van der Waals surface area contributed by atoms with Crippen molar-refractivity contribution in [2.75, 3.05) is 13.1 Å². The minimum Gasteiger partial charge on any atom is -0.351 e. The molecule has 2 rings (SSSR count). The summed E-state index contributed by atoms with van der Waals surface area (Å²) in [6.07, 6.45) is 0.857. The molecule has 0 unspecified atom stereocenters. The van der Waals surface area contributed by atoms with Crippen molar-refractivity contribution in [3.8, 4) is 0 Å². The van der Waals surface area contributed by atoms with Gasteiger partial charge in [-0.1, -0.05) is 35.0 Å². The van der Waals surface area contributed by atoms with Crippen LogP contribution in [0.25, 0.3) is 0 Å². The fraction of sp³-hybridized carbons (Fsp3) is 0.235. The van der Waals surface area contributed by atoms with E-state index in [1.807, 2.05) is 6.92 Å². The maximum absolute atomic E-state index is 12.2. The fourth-order valence-corrected chi connectivity index (χ4v) is 3.35. The van der Waals surface area contributed by atoms with Gasteiger partial charge < -0.3 is 5.32 Å². The molecular formula is C17H19BrN2O3S.